The summed E-state index contributed by atoms with van der Waals surface area (Å²) in [7, 11) is -9.75. The molecule has 3 N–H and O–H groups in total. The molecule has 0 bridgehead atoms. The number of ether oxygens (including phenoxy) is 1. The number of carboxylic acid groups (broad SMARTS) is 1. The molecular formula is C33H38N3O11PS. The van der Waals surface area contributed by atoms with Gasteiger partial charge in [-0.2, -0.15) is 4.31 Å². The Hall–Kier alpha value is -3.95. The van der Waals surface area contributed by atoms with Crippen LogP contribution in [0.15, 0.2) is 89.8 Å². The first-order chi connectivity index (χ1) is 23.3. The van der Waals surface area contributed by atoms with Gasteiger partial charge in [-0.3, -0.25) is 23.9 Å². The van der Waals surface area contributed by atoms with Crippen molar-refractivity contribution in [1.29, 1.82) is 0 Å². The SMILES string of the molecule is CC(CN1C(=O)c2ccccc2C1=O)CN(C[C@@H](OP(=O)(O)O)[C@H](Cc1ccccc1)N(C(=O)O)C1CCOC1)S(=O)(=O)c1ccccc1. The highest BCUT2D eigenvalue weighted by molar-refractivity contribution is 7.89. The second kappa shape index (κ2) is 15.3. The third-order valence-corrected chi connectivity index (χ3v) is 10.9. The number of nitrogens with zero attached hydrogens (tertiary/aromatic N) is 3. The number of carbonyl (C=O) groups is 3. The molecule has 16 heteroatoms. The number of phosphoric acid groups is 1. The molecule has 262 valence electrons. The van der Waals surface area contributed by atoms with E-state index in [1.54, 1.807) is 55.5 Å². The first kappa shape index (κ1) is 36.3. The van der Waals surface area contributed by atoms with Crippen molar-refractivity contribution in [1.82, 2.24) is 14.1 Å². The minimum absolute atomic E-state index is 0.0313. The fraction of sp³-hybridized carbons (Fsp3) is 0.364. The van der Waals surface area contributed by atoms with Crippen LogP contribution in [0.3, 0.4) is 0 Å². The summed E-state index contributed by atoms with van der Waals surface area (Å²) in [6.45, 7) is 0.777. The molecule has 3 aromatic rings. The van der Waals surface area contributed by atoms with E-state index in [9.17, 15) is 42.3 Å². The Bertz CT molecular complexity index is 1770. The van der Waals surface area contributed by atoms with Crippen molar-refractivity contribution in [3.63, 3.8) is 0 Å². The molecule has 5 rings (SSSR count). The first-order valence-electron chi connectivity index (χ1n) is 15.6. The summed E-state index contributed by atoms with van der Waals surface area (Å²) in [5.41, 5.74) is 1.09. The van der Waals surface area contributed by atoms with Crippen molar-refractivity contribution < 1.29 is 51.5 Å². The van der Waals surface area contributed by atoms with Crippen LogP contribution in [-0.2, 0) is 30.3 Å². The lowest BCUT2D eigenvalue weighted by Gasteiger charge is -2.40. The second-order valence-corrected chi connectivity index (χ2v) is 15.2. The summed E-state index contributed by atoms with van der Waals surface area (Å²) in [6, 6.07) is 20.4. The Kier molecular flexibility index (Phi) is 11.3. The number of carbonyl (C=O) groups excluding carboxylic acids is 2. The third-order valence-electron chi connectivity index (χ3n) is 8.52. The van der Waals surface area contributed by atoms with Gasteiger partial charge in [0.05, 0.1) is 34.7 Å². The number of sulfonamides is 1. The number of imide groups is 1. The third kappa shape index (κ3) is 8.62. The maximum absolute atomic E-state index is 14.2. The van der Waals surface area contributed by atoms with Gasteiger partial charge in [-0.25, -0.2) is 17.8 Å². The highest BCUT2D eigenvalue weighted by Crippen LogP contribution is 2.40. The maximum Gasteiger partial charge on any atom is 0.469 e. The summed E-state index contributed by atoms with van der Waals surface area (Å²) < 4.78 is 52.7. The van der Waals surface area contributed by atoms with Gasteiger partial charge in [0.25, 0.3) is 11.8 Å². The van der Waals surface area contributed by atoms with Crippen LogP contribution in [0, 0.1) is 5.92 Å². The molecule has 0 radical (unpaired) electrons. The van der Waals surface area contributed by atoms with E-state index in [0.717, 1.165) is 14.1 Å². The van der Waals surface area contributed by atoms with Crippen molar-refractivity contribution in [3.05, 3.63) is 102 Å². The van der Waals surface area contributed by atoms with Gasteiger partial charge >= 0.3 is 13.9 Å². The molecule has 2 aliphatic heterocycles. The zero-order valence-electron chi connectivity index (χ0n) is 26.6. The normalized spacial score (nSPS) is 18.4. The number of hydrogen-bond acceptors (Lipinski definition) is 8. The number of hydrogen-bond donors (Lipinski definition) is 3. The highest BCUT2D eigenvalue weighted by Gasteiger charge is 2.43. The van der Waals surface area contributed by atoms with Crippen molar-refractivity contribution >= 4 is 35.8 Å². The van der Waals surface area contributed by atoms with Crippen LogP contribution in [0.25, 0.3) is 0 Å². The number of fused-ring (bicyclic) bond motifs is 1. The Morgan fingerprint density at radius 2 is 1.53 bits per heavy atom. The van der Waals surface area contributed by atoms with E-state index >= 15 is 0 Å². The highest BCUT2D eigenvalue weighted by atomic mass is 32.2. The maximum atomic E-state index is 14.2. The lowest BCUT2D eigenvalue weighted by atomic mass is 9.97. The number of phosphoric ester groups is 1. The van der Waals surface area contributed by atoms with Gasteiger partial charge < -0.3 is 19.6 Å². The quantitative estimate of drug-likeness (QED) is 0.154. The topological polar surface area (TPSA) is 191 Å². The van der Waals surface area contributed by atoms with Gasteiger partial charge in [0.2, 0.25) is 10.0 Å². The summed E-state index contributed by atoms with van der Waals surface area (Å²) in [6.07, 6.45) is -2.84. The first-order valence-corrected chi connectivity index (χ1v) is 18.6. The molecule has 0 aliphatic carbocycles. The van der Waals surface area contributed by atoms with Gasteiger partial charge in [0, 0.05) is 26.2 Å². The Labute approximate surface area is 284 Å². The van der Waals surface area contributed by atoms with E-state index in [1.807, 2.05) is 0 Å². The average Bonchev–Trinajstić information content (AvgIpc) is 3.67. The zero-order valence-corrected chi connectivity index (χ0v) is 28.4. The molecule has 3 aromatic carbocycles. The van der Waals surface area contributed by atoms with E-state index in [0.29, 0.717) is 12.0 Å². The summed E-state index contributed by atoms with van der Waals surface area (Å²) in [4.78, 5) is 61.2. The smallest absolute Gasteiger partial charge is 0.465 e. The van der Waals surface area contributed by atoms with Gasteiger partial charge in [-0.1, -0.05) is 67.6 Å². The van der Waals surface area contributed by atoms with E-state index in [-0.39, 0.29) is 48.7 Å². The molecule has 49 heavy (non-hydrogen) atoms. The molecule has 2 heterocycles. The molecule has 3 amide bonds. The molecule has 1 fully saturated rings. The number of benzene rings is 3. The van der Waals surface area contributed by atoms with Gasteiger partial charge in [0.1, 0.15) is 6.10 Å². The summed E-state index contributed by atoms with van der Waals surface area (Å²) in [5, 5.41) is 10.4. The van der Waals surface area contributed by atoms with E-state index < -0.39 is 66.4 Å². The monoisotopic (exact) mass is 715 g/mol. The van der Waals surface area contributed by atoms with E-state index in [2.05, 4.69) is 0 Å². The number of rotatable bonds is 15. The predicted octanol–water partition coefficient (Wildman–Crippen LogP) is 3.47. The van der Waals surface area contributed by atoms with Crippen molar-refractivity contribution in [2.24, 2.45) is 5.92 Å². The molecule has 0 saturated carbocycles. The lowest BCUT2D eigenvalue weighted by Crippen LogP contribution is -2.57. The van der Waals surface area contributed by atoms with E-state index in [4.69, 9.17) is 9.26 Å². The Morgan fingerprint density at radius 3 is 2.06 bits per heavy atom. The van der Waals surface area contributed by atoms with Crippen molar-refractivity contribution in [2.45, 2.75) is 42.8 Å². The van der Waals surface area contributed by atoms with Crippen LogP contribution < -0.4 is 0 Å². The van der Waals surface area contributed by atoms with Crippen LogP contribution in [0.4, 0.5) is 4.79 Å². The molecule has 2 aliphatic rings. The largest absolute Gasteiger partial charge is 0.469 e. The van der Waals surface area contributed by atoms with Crippen LogP contribution >= 0.6 is 7.82 Å². The van der Waals surface area contributed by atoms with Gasteiger partial charge in [0.15, 0.2) is 0 Å². The molecule has 0 spiro atoms. The van der Waals surface area contributed by atoms with Crippen LogP contribution in [-0.4, -0.2) is 106 Å². The van der Waals surface area contributed by atoms with Crippen LogP contribution in [0.2, 0.25) is 0 Å². The predicted molar refractivity (Wildman–Crippen MR) is 176 cm³/mol. The fourth-order valence-corrected chi connectivity index (χ4v) is 8.46. The van der Waals surface area contributed by atoms with Crippen molar-refractivity contribution in [3.8, 4) is 0 Å². The second-order valence-electron chi connectivity index (χ2n) is 12.1. The van der Waals surface area contributed by atoms with Crippen LogP contribution in [0.1, 0.15) is 39.6 Å². The summed E-state index contributed by atoms with van der Waals surface area (Å²) in [5.74, 6) is -1.72. The number of amides is 3. The molecule has 0 aromatic heterocycles. The zero-order chi connectivity index (χ0) is 35.3. The van der Waals surface area contributed by atoms with Crippen LogP contribution in [0.5, 0.6) is 0 Å². The molecule has 1 saturated heterocycles. The molecular weight excluding hydrogens is 677 g/mol. The average molecular weight is 716 g/mol. The fourth-order valence-electron chi connectivity index (χ4n) is 6.31. The summed E-state index contributed by atoms with van der Waals surface area (Å²) >= 11 is 0. The molecule has 4 atom stereocenters. The minimum Gasteiger partial charge on any atom is -0.465 e. The Morgan fingerprint density at radius 1 is 0.959 bits per heavy atom. The molecule has 14 nitrogen and oxygen atoms in total. The van der Waals surface area contributed by atoms with Gasteiger partial charge in [-0.05, 0) is 48.6 Å². The minimum atomic E-state index is -5.34. The Balaban J connectivity index is 1.53. The lowest BCUT2D eigenvalue weighted by molar-refractivity contribution is 0.0139. The molecule has 2 unspecified atom stereocenters. The standard InChI is InChI=1S/C33H38N3O11PS/c1-23(20-35-31(37)27-14-8-9-15-28(27)32(35)38)19-34(49(44,45)26-12-6-3-7-13-26)21-30(47-48(41,42)43)29(18-24-10-4-2-5-11-24)36(33(39)40)25-16-17-46-22-25/h2-15,23,25,29-30H,16-22H2,1H3,(H,39,40)(H2,41,42,43)/t23?,25?,29-,30+/m0/s1. The van der Waals surface area contributed by atoms with Crippen molar-refractivity contribution in [2.75, 3.05) is 32.8 Å². The van der Waals surface area contributed by atoms with Gasteiger partial charge in [-0.15, -0.1) is 0 Å². The van der Waals surface area contributed by atoms with E-state index in [1.165, 1.54) is 36.4 Å².